The number of ketones is 1. The number of aryl methyl sites for hydroxylation is 1. The molecule has 3 aromatic carbocycles. The predicted molar refractivity (Wildman–Crippen MR) is 110 cm³/mol. The van der Waals surface area contributed by atoms with E-state index in [0.717, 1.165) is 28.6 Å². The van der Waals surface area contributed by atoms with Crippen LogP contribution in [-0.2, 0) is 6.42 Å². The van der Waals surface area contributed by atoms with Crippen LogP contribution in [0.4, 0.5) is 0 Å². The van der Waals surface area contributed by atoms with E-state index in [1.807, 2.05) is 54.6 Å². The summed E-state index contributed by atoms with van der Waals surface area (Å²) in [5.74, 6) is 1.10. The highest BCUT2D eigenvalue weighted by atomic mass is 32.2. The van der Waals surface area contributed by atoms with Crippen molar-refractivity contribution >= 4 is 28.3 Å². The number of aromatic amines is 1. The van der Waals surface area contributed by atoms with E-state index in [-0.39, 0.29) is 5.78 Å². The number of benzene rings is 3. The first kappa shape index (κ1) is 17.5. The van der Waals surface area contributed by atoms with E-state index in [1.165, 1.54) is 17.3 Å². The summed E-state index contributed by atoms with van der Waals surface area (Å²) in [5.41, 5.74) is 2.99. The largest absolute Gasteiger partial charge is 0.293 e. The summed E-state index contributed by atoms with van der Waals surface area (Å²) in [6.07, 6.45) is 1.01. The van der Waals surface area contributed by atoms with Crippen LogP contribution in [0.5, 0.6) is 0 Å². The van der Waals surface area contributed by atoms with Crippen molar-refractivity contribution in [2.24, 2.45) is 0 Å². The van der Waals surface area contributed by atoms with Crippen LogP contribution >= 0.6 is 11.8 Å². The Morgan fingerprint density at radius 2 is 1.78 bits per heavy atom. The van der Waals surface area contributed by atoms with Gasteiger partial charge in [0.1, 0.15) is 0 Å². The summed E-state index contributed by atoms with van der Waals surface area (Å²) in [4.78, 5) is 17.0. The number of aromatic nitrogens is 3. The van der Waals surface area contributed by atoms with E-state index in [1.54, 1.807) is 0 Å². The summed E-state index contributed by atoms with van der Waals surface area (Å²) in [5, 5.41) is 9.97. The van der Waals surface area contributed by atoms with Crippen molar-refractivity contribution in [3.8, 4) is 11.4 Å². The SMILES string of the molecule is CCc1ccc(-c2nc(SCC(=O)c3ccc4ccccc4c3)n[nH]2)cc1. The zero-order chi connectivity index (χ0) is 18.6. The Morgan fingerprint density at radius 1 is 1.00 bits per heavy atom. The van der Waals surface area contributed by atoms with E-state index in [4.69, 9.17) is 0 Å². The van der Waals surface area contributed by atoms with Gasteiger partial charge in [-0.15, -0.1) is 5.10 Å². The lowest BCUT2D eigenvalue weighted by Crippen LogP contribution is -2.02. The molecular weight excluding hydrogens is 354 g/mol. The minimum Gasteiger partial charge on any atom is -0.293 e. The average molecular weight is 373 g/mol. The smallest absolute Gasteiger partial charge is 0.209 e. The van der Waals surface area contributed by atoms with E-state index in [0.29, 0.717) is 16.5 Å². The minimum absolute atomic E-state index is 0.0735. The Kier molecular flexibility index (Phi) is 5.03. The Labute approximate surface area is 162 Å². The van der Waals surface area contributed by atoms with Gasteiger partial charge in [0.2, 0.25) is 5.16 Å². The fraction of sp³-hybridized carbons (Fsp3) is 0.136. The van der Waals surface area contributed by atoms with E-state index in [2.05, 4.69) is 34.2 Å². The van der Waals surface area contributed by atoms with Gasteiger partial charge < -0.3 is 0 Å². The highest BCUT2D eigenvalue weighted by molar-refractivity contribution is 7.99. The van der Waals surface area contributed by atoms with Gasteiger partial charge in [-0.05, 0) is 28.8 Å². The van der Waals surface area contributed by atoms with Crippen LogP contribution in [-0.4, -0.2) is 26.7 Å². The van der Waals surface area contributed by atoms with Crippen LogP contribution < -0.4 is 0 Å². The molecule has 5 heteroatoms. The first-order chi connectivity index (χ1) is 13.2. The molecule has 4 rings (SSSR count). The molecule has 0 spiro atoms. The van der Waals surface area contributed by atoms with Gasteiger partial charge in [0, 0.05) is 11.1 Å². The number of Topliss-reactive ketones (excluding diaryl/α,β-unsaturated/α-hetero) is 1. The lowest BCUT2D eigenvalue weighted by atomic mass is 10.1. The van der Waals surface area contributed by atoms with Crippen molar-refractivity contribution in [3.63, 3.8) is 0 Å². The lowest BCUT2D eigenvalue weighted by molar-refractivity contribution is 0.102. The van der Waals surface area contributed by atoms with Gasteiger partial charge in [-0.3, -0.25) is 9.89 Å². The third kappa shape index (κ3) is 3.93. The van der Waals surface area contributed by atoms with Crippen molar-refractivity contribution < 1.29 is 4.79 Å². The van der Waals surface area contributed by atoms with Gasteiger partial charge in [0.05, 0.1) is 5.75 Å². The number of nitrogens with one attached hydrogen (secondary N) is 1. The normalized spacial score (nSPS) is 11.0. The topological polar surface area (TPSA) is 58.6 Å². The maximum Gasteiger partial charge on any atom is 0.209 e. The summed E-state index contributed by atoms with van der Waals surface area (Å²) in [6.45, 7) is 2.13. The van der Waals surface area contributed by atoms with Crippen LogP contribution in [0.15, 0.2) is 71.9 Å². The predicted octanol–water partition coefficient (Wildman–Crippen LogP) is 5.16. The van der Waals surface area contributed by atoms with Gasteiger partial charge in [-0.2, -0.15) is 0 Å². The maximum atomic E-state index is 12.5. The molecular formula is C22H19N3OS. The number of hydrogen-bond acceptors (Lipinski definition) is 4. The quantitative estimate of drug-likeness (QED) is 0.374. The molecule has 0 bridgehead atoms. The highest BCUT2D eigenvalue weighted by Gasteiger charge is 2.11. The molecule has 0 unspecified atom stereocenters. The Morgan fingerprint density at radius 3 is 2.56 bits per heavy atom. The summed E-state index contributed by atoms with van der Waals surface area (Å²) in [6, 6.07) is 22.1. The van der Waals surface area contributed by atoms with Crippen LogP contribution in [0.1, 0.15) is 22.8 Å². The Balaban J connectivity index is 1.43. The molecule has 134 valence electrons. The van der Waals surface area contributed by atoms with E-state index >= 15 is 0 Å². The number of nitrogens with zero attached hydrogens (tertiary/aromatic N) is 2. The van der Waals surface area contributed by atoms with Crippen LogP contribution in [0, 0.1) is 0 Å². The van der Waals surface area contributed by atoms with Crippen molar-refractivity contribution in [1.82, 2.24) is 15.2 Å². The number of H-pyrrole nitrogens is 1. The molecule has 4 aromatic rings. The number of carbonyl (C=O) groups is 1. The monoisotopic (exact) mass is 373 g/mol. The summed E-state index contributed by atoms with van der Waals surface area (Å²) >= 11 is 1.35. The third-order valence-corrected chi connectivity index (χ3v) is 5.35. The zero-order valence-electron chi connectivity index (χ0n) is 15.0. The lowest BCUT2D eigenvalue weighted by Gasteiger charge is -2.02. The fourth-order valence-electron chi connectivity index (χ4n) is 2.91. The number of fused-ring (bicyclic) bond motifs is 1. The second kappa shape index (κ2) is 7.76. The van der Waals surface area contributed by atoms with Crippen molar-refractivity contribution in [2.75, 3.05) is 5.75 Å². The molecule has 27 heavy (non-hydrogen) atoms. The average Bonchev–Trinajstić information content (AvgIpc) is 3.21. The van der Waals surface area contributed by atoms with Crippen molar-refractivity contribution in [2.45, 2.75) is 18.5 Å². The first-order valence-corrected chi connectivity index (χ1v) is 9.88. The van der Waals surface area contributed by atoms with Gasteiger partial charge in [0.15, 0.2) is 11.6 Å². The molecule has 0 atom stereocenters. The second-order valence-corrected chi connectivity index (χ2v) is 7.23. The van der Waals surface area contributed by atoms with E-state index < -0.39 is 0 Å². The van der Waals surface area contributed by atoms with Crippen LogP contribution in [0.2, 0.25) is 0 Å². The summed E-state index contributed by atoms with van der Waals surface area (Å²) in [7, 11) is 0. The number of thioether (sulfide) groups is 1. The molecule has 4 nitrogen and oxygen atoms in total. The minimum atomic E-state index is 0.0735. The molecule has 0 aliphatic heterocycles. The number of hydrogen-bond donors (Lipinski definition) is 1. The molecule has 0 radical (unpaired) electrons. The molecule has 0 aliphatic carbocycles. The highest BCUT2D eigenvalue weighted by Crippen LogP contribution is 2.22. The molecule has 1 aromatic heterocycles. The summed E-state index contributed by atoms with van der Waals surface area (Å²) < 4.78 is 0. The molecule has 0 fully saturated rings. The molecule has 0 amide bonds. The second-order valence-electron chi connectivity index (χ2n) is 6.29. The Bertz CT molecular complexity index is 1090. The molecule has 0 saturated heterocycles. The fourth-order valence-corrected chi connectivity index (χ4v) is 3.61. The molecule has 1 heterocycles. The van der Waals surface area contributed by atoms with Gasteiger partial charge in [0.25, 0.3) is 0 Å². The maximum absolute atomic E-state index is 12.5. The van der Waals surface area contributed by atoms with Crippen molar-refractivity contribution in [1.29, 1.82) is 0 Å². The standard InChI is InChI=1S/C22H19N3OS/c1-2-15-7-9-17(10-8-15)21-23-22(25-24-21)27-14-20(26)19-12-11-16-5-3-4-6-18(16)13-19/h3-13H,2,14H2,1H3,(H,23,24,25). The molecule has 1 N–H and O–H groups in total. The zero-order valence-corrected chi connectivity index (χ0v) is 15.8. The molecule has 0 aliphatic rings. The Hall–Kier alpha value is -2.92. The number of carbonyl (C=O) groups excluding carboxylic acids is 1. The van der Waals surface area contributed by atoms with Gasteiger partial charge in [-0.1, -0.05) is 79.3 Å². The van der Waals surface area contributed by atoms with Crippen LogP contribution in [0.3, 0.4) is 0 Å². The van der Waals surface area contributed by atoms with Crippen LogP contribution in [0.25, 0.3) is 22.2 Å². The van der Waals surface area contributed by atoms with Crippen molar-refractivity contribution in [3.05, 3.63) is 77.9 Å². The van der Waals surface area contributed by atoms with E-state index in [9.17, 15) is 4.79 Å². The third-order valence-electron chi connectivity index (χ3n) is 4.50. The first-order valence-electron chi connectivity index (χ1n) is 8.89. The van der Waals surface area contributed by atoms with Gasteiger partial charge in [-0.25, -0.2) is 4.98 Å². The molecule has 0 saturated carbocycles. The van der Waals surface area contributed by atoms with Gasteiger partial charge >= 0.3 is 0 Å². The number of rotatable bonds is 6.